The quantitative estimate of drug-likeness (QED) is 0.437. The van der Waals surface area contributed by atoms with E-state index in [0.717, 1.165) is 13.8 Å². The molecule has 0 aliphatic carbocycles. The van der Waals surface area contributed by atoms with Crippen molar-refractivity contribution in [1.29, 1.82) is 0 Å². The average molecular weight is 237 g/mol. The van der Waals surface area contributed by atoms with Crippen LogP contribution < -0.4 is 10.2 Å². The van der Waals surface area contributed by atoms with Gasteiger partial charge in [0.05, 0.1) is 0 Å². The van der Waals surface area contributed by atoms with Gasteiger partial charge in [-0.25, -0.2) is 0 Å². The Morgan fingerprint density at radius 2 is 1.00 bits per heavy atom. The smallest absolute Gasteiger partial charge is 0.550 e. The van der Waals surface area contributed by atoms with Crippen LogP contribution in [0.5, 0.6) is 0 Å². The Morgan fingerprint density at radius 1 is 1.00 bits per heavy atom. The summed E-state index contributed by atoms with van der Waals surface area (Å²) in [7, 11) is 0. The maximum atomic E-state index is 8.89. The molecule has 0 aromatic rings. The van der Waals surface area contributed by atoms with Gasteiger partial charge < -0.3 is 19.8 Å². The first-order valence-electron chi connectivity index (χ1n) is 1.82. The van der Waals surface area contributed by atoms with Crippen molar-refractivity contribution in [2.45, 2.75) is 13.8 Å². The zero-order chi connectivity index (χ0) is 7.15. The summed E-state index contributed by atoms with van der Waals surface area (Å²) in [6.45, 7) is 1.94. The minimum atomic E-state index is -1.08. The van der Waals surface area contributed by atoms with Gasteiger partial charge in [0.1, 0.15) is 0 Å². The molecule has 0 saturated heterocycles. The van der Waals surface area contributed by atoms with E-state index < -0.39 is 11.9 Å². The molecular formula is C4H6CuFeO4+2. The van der Waals surface area contributed by atoms with E-state index in [1.54, 1.807) is 0 Å². The fourth-order valence-electron chi connectivity index (χ4n) is 0. The fourth-order valence-corrected chi connectivity index (χ4v) is 0. The SMILES string of the molecule is CC(=O)[O-].CC(=O)[O-].[Cu+2].[Fe+2]. The molecule has 0 N–H and O–H groups in total. The van der Waals surface area contributed by atoms with Gasteiger partial charge in [0.15, 0.2) is 0 Å². The van der Waals surface area contributed by atoms with Crippen molar-refractivity contribution in [2.75, 3.05) is 0 Å². The van der Waals surface area contributed by atoms with E-state index in [2.05, 4.69) is 0 Å². The topological polar surface area (TPSA) is 80.3 Å². The van der Waals surface area contributed by atoms with Crippen molar-refractivity contribution < 1.29 is 53.9 Å². The summed E-state index contributed by atoms with van der Waals surface area (Å²) in [6.07, 6.45) is 0. The summed E-state index contributed by atoms with van der Waals surface area (Å²) in [5, 5.41) is 17.8. The summed E-state index contributed by atoms with van der Waals surface area (Å²) in [5.74, 6) is -2.17. The molecule has 0 aromatic carbocycles. The molecule has 0 heterocycles. The first-order chi connectivity index (χ1) is 3.46. The molecule has 0 bridgehead atoms. The molecule has 63 valence electrons. The van der Waals surface area contributed by atoms with Gasteiger partial charge in [0.25, 0.3) is 0 Å². The Balaban J connectivity index is -0.0000000300. The Morgan fingerprint density at radius 3 is 1.00 bits per heavy atom. The molecule has 0 aliphatic rings. The van der Waals surface area contributed by atoms with Crippen LogP contribution in [-0.2, 0) is 43.7 Å². The fraction of sp³-hybridized carbons (Fsp3) is 0.500. The van der Waals surface area contributed by atoms with Crippen molar-refractivity contribution >= 4 is 11.9 Å². The molecule has 4 nitrogen and oxygen atoms in total. The third-order valence-corrected chi connectivity index (χ3v) is 0. The predicted molar refractivity (Wildman–Crippen MR) is 21.4 cm³/mol. The third kappa shape index (κ3) is 878000. The Bertz CT molecular complexity index is 75.3. The third-order valence-electron chi connectivity index (χ3n) is 0. The van der Waals surface area contributed by atoms with Crippen molar-refractivity contribution in [2.24, 2.45) is 0 Å². The zero-order valence-electron chi connectivity index (χ0n) is 5.29. The van der Waals surface area contributed by atoms with Gasteiger partial charge in [0.2, 0.25) is 0 Å². The van der Waals surface area contributed by atoms with Gasteiger partial charge in [-0.1, -0.05) is 0 Å². The maximum absolute atomic E-state index is 8.89. The van der Waals surface area contributed by atoms with Crippen LogP contribution >= 0.6 is 0 Å². The number of carbonyl (C=O) groups excluding carboxylic acids is 2. The van der Waals surface area contributed by atoms with Gasteiger partial charge in [-0.05, 0) is 13.8 Å². The van der Waals surface area contributed by atoms with Crippen molar-refractivity contribution in [1.82, 2.24) is 0 Å². The van der Waals surface area contributed by atoms with Crippen LogP contribution in [0.2, 0.25) is 0 Å². The summed E-state index contributed by atoms with van der Waals surface area (Å²) in [4.78, 5) is 17.8. The largest absolute Gasteiger partial charge is 2.00 e. The molecule has 0 aromatic heterocycles. The van der Waals surface area contributed by atoms with E-state index in [0.29, 0.717) is 0 Å². The summed E-state index contributed by atoms with van der Waals surface area (Å²) >= 11 is 0. The maximum Gasteiger partial charge on any atom is 2.00 e. The first-order valence-corrected chi connectivity index (χ1v) is 1.82. The number of carboxylic acids is 2. The van der Waals surface area contributed by atoms with Gasteiger partial charge in [-0.3, -0.25) is 0 Å². The van der Waals surface area contributed by atoms with Crippen LogP contribution in [0.1, 0.15) is 13.8 Å². The standard InChI is InChI=1S/2C2H4O2.Cu.Fe/c2*1-2(3)4;;/h2*1H3,(H,3,4);;/q;;2*+2/p-2. The molecule has 0 unspecified atom stereocenters. The number of carboxylic acid groups (broad SMARTS) is 2. The summed E-state index contributed by atoms with van der Waals surface area (Å²) in [6, 6.07) is 0. The van der Waals surface area contributed by atoms with Crippen LogP contribution in [0.3, 0.4) is 0 Å². The summed E-state index contributed by atoms with van der Waals surface area (Å²) < 4.78 is 0. The average Bonchev–Trinajstić information content (AvgIpc) is 1.25. The molecular weight excluding hydrogens is 231 g/mol. The van der Waals surface area contributed by atoms with Gasteiger partial charge in [0, 0.05) is 11.9 Å². The second kappa shape index (κ2) is 16.0. The molecule has 0 aliphatic heterocycles. The molecule has 0 atom stereocenters. The molecule has 10 heavy (non-hydrogen) atoms. The number of carbonyl (C=O) groups is 2. The van der Waals surface area contributed by atoms with E-state index >= 15 is 0 Å². The van der Waals surface area contributed by atoms with E-state index in [4.69, 9.17) is 19.8 Å². The van der Waals surface area contributed by atoms with Crippen molar-refractivity contribution in [3.05, 3.63) is 0 Å². The Hall–Kier alpha value is -0.0210. The molecule has 0 amide bonds. The van der Waals surface area contributed by atoms with Crippen molar-refractivity contribution in [3.8, 4) is 0 Å². The molecule has 0 rings (SSSR count). The minimum absolute atomic E-state index is 0. The number of hydrogen-bond donors (Lipinski definition) is 0. The normalized spacial score (nSPS) is 5.00. The van der Waals surface area contributed by atoms with Crippen LogP contribution in [0, 0.1) is 0 Å². The van der Waals surface area contributed by atoms with Gasteiger partial charge in [-0.2, -0.15) is 0 Å². The Kier molecular flexibility index (Phi) is 36.0. The van der Waals surface area contributed by atoms with Crippen LogP contribution in [-0.4, -0.2) is 11.9 Å². The second-order valence-electron chi connectivity index (χ2n) is 0.983. The summed E-state index contributed by atoms with van der Waals surface area (Å²) in [5.41, 5.74) is 0. The zero-order valence-corrected chi connectivity index (χ0v) is 7.33. The number of aliphatic carboxylic acids is 2. The molecule has 0 fully saturated rings. The van der Waals surface area contributed by atoms with E-state index in [-0.39, 0.29) is 34.1 Å². The molecule has 0 spiro atoms. The van der Waals surface area contributed by atoms with E-state index in [9.17, 15) is 0 Å². The second-order valence-corrected chi connectivity index (χ2v) is 0.983. The van der Waals surface area contributed by atoms with Crippen LogP contribution in [0.4, 0.5) is 0 Å². The Labute approximate surface area is 79.9 Å². The minimum Gasteiger partial charge on any atom is -0.550 e. The van der Waals surface area contributed by atoms with Gasteiger partial charge in [-0.15, -0.1) is 0 Å². The molecule has 1 radical (unpaired) electrons. The first kappa shape index (κ1) is 22.5. The van der Waals surface area contributed by atoms with Crippen molar-refractivity contribution in [3.63, 3.8) is 0 Å². The van der Waals surface area contributed by atoms with Gasteiger partial charge >= 0.3 is 34.1 Å². The van der Waals surface area contributed by atoms with Crippen LogP contribution in [0.15, 0.2) is 0 Å². The monoisotopic (exact) mass is 237 g/mol. The number of rotatable bonds is 0. The molecule has 6 heteroatoms. The molecule has 0 saturated carbocycles. The number of hydrogen-bond acceptors (Lipinski definition) is 4. The predicted octanol–water partition coefficient (Wildman–Crippen LogP) is -2.49. The van der Waals surface area contributed by atoms with Crippen LogP contribution in [0.25, 0.3) is 0 Å². The van der Waals surface area contributed by atoms with E-state index in [1.807, 2.05) is 0 Å². The van der Waals surface area contributed by atoms with E-state index in [1.165, 1.54) is 0 Å².